The van der Waals surface area contributed by atoms with Gasteiger partial charge in [-0.15, -0.1) is 10.2 Å². The number of halogens is 4. The Kier molecular flexibility index (Phi) is 7.26. The minimum Gasteiger partial charge on any atom is -0.415 e. The Hall–Kier alpha value is -3.27. The van der Waals surface area contributed by atoms with Gasteiger partial charge in [-0.05, 0) is 43.3 Å². The van der Waals surface area contributed by atoms with Gasteiger partial charge >= 0.3 is 6.43 Å². The number of carbonyl (C=O) groups is 1. The van der Waals surface area contributed by atoms with E-state index >= 15 is 0 Å². The van der Waals surface area contributed by atoms with E-state index in [4.69, 9.17) is 4.42 Å². The second-order valence-electron chi connectivity index (χ2n) is 8.27. The van der Waals surface area contributed by atoms with Crippen molar-refractivity contribution < 1.29 is 26.8 Å². The highest BCUT2D eigenvalue weighted by molar-refractivity contribution is 5.95. The van der Waals surface area contributed by atoms with Crippen molar-refractivity contribution in [3.05, 3.63) is 65.6 Å². The van der Waals surface area contributed by atoms with Crippen LogP contribution in [-0.4, -0.2) is 40.6 Å². The fourth-order valence-corrected chi connectivity index (χ4v) is 3.87. The Labute approximate surface area is 194 Å². The zero-order valence-corrected chi connectivity index (χ0v) is 18.6. The third kappa shape index (κ3) is 5.27. The molecule has 1 aliphatic heterocycles. The summed E-state index contributed by atoms with van der Waals surface area (Å²) in [6.45, 7) is 4.11. The number of rotatable bonds is 9. The number of alkyl halides is 2. The van der Waals surface area contributed by atoms with Crippen LogP contribution in [0.2, 0.25) is 0 Å². The summed E-state index contributed by atoms with van der Waals surface area (Å²) in [6, 6.07) is 9.57. The van der Waals surface area contributed by atoms with Crippen LogP contribution >= 0.6 is 0 Å². The molecule has 0 aliphatic carbocycles. The van der Waals surface area contributed by atoms with Gasteiger partial charge in [-0.1, -0.05) is 25.5 Å². The van der Waals surface area contributed by atoms with Crippen LogP contribution in [-0.2, 0) is 11.3 Å². The number of aromatic nitrogens is 2. The van der Waals surface area contributed by atoms with Gasteiger partial charge in [0.05, 0.1) is 12.5 Å². The SMILES string of the molecule is CCCCN1CC(C(=O)N(Cc2ccc(-c3nnc(C(F)F)o3)cc2F)c2cccc(F)c2)C1. The molecule has 4 rings (SSSR count). The fourth-order valence-electron chi connectivity index (χ4n) is 3.87. The lowest BCUT2D eigenvalue weighted by atomic mass is 9.97. The Balaban J connectivity index is 1.54. The second kappa shape index (κ2) is 10.3. The van der Waals surface area contributed by atoms with E-state index < -0.39 is 24.0 Å². The van der Waals surface area contributed by atoms with E-state index in [2.05, 4.69) is 22.0 Å². The lowest BCUT2D eigenvalue weighted by Crippen LogP contribution is -2.54. The van der Waals surface area contributed by atoms with Gasteiger partial charge in [0.1, 0.15) is 11.6 Å². The summed E-state index contributed by atoms with van der Waals surface area (Å²) in [4.78, 5) is 16.8. The van der Waals surface area contributed by atoms with Gasteiger partial charge in [-0.2, -0.15) is 8.78 Å². The van der Waals surface area contributed by atoms with E-state index in [1.54, 1.807) is 6.07 Å². The van der Waals surface area contributed by atoms with Crippen molar-refractivity contribution in [2.75, 3.05) is 24.5 Å². The van der Waals surface area contributed by atoms with Gasteiger partial charge in [-0.25, -0.2) is 8.78 Å². The first-order valence-electron chi connectivity index (χ1n) is 11.1. The van der Waals surface area contributed by atoms with E-state index in [0.717, 1.165) is 25.5 Å². The summed E-state index contributed by atoms with van der Waals surface area (Å²) in [6.07, 6.45) is -0.821. The lowest BCUT2D eigenvalue weighted by molar-refractivity contribution is -0.127. The standard InChI is InChI=1S/C24H24F4N4O2/c1-2-3-9-31-12-17(13-31)24(33)32(19-6-4-5-18(25)11-19)14-16-8-7-15(10-20(16)26)22-29-30-23(34-22)21(27)28/h4-8,10-11,17,21H,2-3,9,12-14H2,1H3. The van der Waals surface area contributed by atoms with Crippen molar-refractivity contribution in [2.24, 2.45) is 5.92 Å². The van der Waals surface area contributed by atoms with Crippen molar-refractivity contribution in [3.63, 3.8) is 0 Å². The number of carbonyl (C=O) groups excluding carboxylic acids is 1. The average Bonchev–Trinajstić information content (AvgIpc) is 3.28. The van der Waals surface area contributed by atoms with Crippen LogP contribution in [0.15, 0.2) is 46.9 Å². The van der Waals surface area contributed by atoms with E-state index in [9.17, 15) is 22.4 Å². The van der Waals surface area contributed by atoms with Crippen molar-refractivity contribution >= 4 is 11.6 Å². The minimum atomic E-state index is -2.93. The predicted molar refractivity (Wildman–Crippen MR) is 117 cm³/mol. The molecule has 0 spiro atoms. The summed E-state index contributed by atoms with van der Waals surface area (Å²) >= 11 is 0. The number of hydrogen-bond acceptors (Lipinski definition) is 5. The van der Waals surface area contributed by atoms with Crippen LogP contribution in [0, 0.1) is 17.6 Å². The average molecular weight is 476 g/mol. The molecule has 1 amide bonds. The molecule has 0 saturated carbocycles. The molecule has 0 radical (unpaired) electrons. The summed E-state index contributed by atoms with van der Waals surface area (Å²) in [5.74, 6) is -2.73. The van der Waals surface area contributed by atoms with Crippen LogP contribution in [0.5, 0.6) is 0 Å². The molecule has 0 N–H and O–H groups in total. The molecular formula is C24H24F4N4O2. The maximum Gasteiger partial charge on any atom is 0.314 e. The first kappa shape index (κ1) is 23.9. The highest BCUT2D eigenvalue weighted by Crippen LogP contribution is 2.28. The summed E-state index contributed by atoms with van der Waals surface area (Å²) in [7, 11) is 0. The number of amides is 1. The molecule has 0 bridgehead atoms. The lowest BCUT2D eigenvalue weighted by Gasteiger charge is -2.40. The minimum absolute atomic E-state index is 0.119. The predicted octanol–water partition coefficient (Wildman–Crippen LogP) is 5.22. The van der Waals surface area contributed by atoms with Gasteiger partial charge in [-0.3, -0.25) is 4.79 Å². The molecule has 1 fully saturated rings. The van der Waals surface area contributed by atoms with Gasteiger partial charge in [0.2, 0.25) is 11.8 Å². The van der Waals surface area contributed by atoms with Crippen LogP contribution in [0.25, 0.3) is 11.5 Å². The van der Waals surface area contributed by atoms with Gasteiger partial charge in [0, 0.05) is 29.9 Å². The van der Waals surface area contributed by atoms with Crippen LogP contribution in [0.4, 0.5) is 23.2 Å². The first-order valence-corrected chi connectivity index (χ1v) is 11.1. The van der Waals surface area contributed by atoms with Crippen molar-refractivity contribution in [1.82, 2.24) is 15.1 Å². The van der Waals surface area contributed by atoms with E-state index in [-0.39, 0.29) is 35.4 Å². The molecular weight excluding hydrogens is 452 g/mol. The molecule has 0 atom stereocenters. The molecule has 3 aromatic rings. The van der Waals surface area contributed by atoms with Crippen molar-refractivity contribution in [1.29, 1.82) is 0 Å². The Bertz CT molecular complexity index is 1150. The maximum absolute atomic E-state index is 15.0. The highest BCUT2D eigenvalue weighted by atomic mass is 19.3. The highest BCUT2D eigenvalue weighted by Gasteiger charge is 2.35. The van der Waals surface area contributed by atoms with E-state index in [1.165, 1.54) is 35.2 Å². The largest absolute Gasteiger partial charge is 0.415 e. The quantitative estimate of drug-likeness (QED) is 0.397. The fraction of sp³-hybridized carbons (Fsp3) is 0.375. The zero-order chi connectivity index (χ0) is 24.2. The molecule has 0 unspecified atom stereocenters. The molecule has 1 aliphatic rings. The third-order valence-electron chi connectivity index (χ3n) is 5.78. The van der Waals surface area contributed by atoms with Crippen molar-refractivity contribution in [3.8, 4) is 11.5 Å². The number of hydrogen-bond donors (Lipinski definition) is 0. The molecule has 180 valence electrons. The van der Waals surface area contributed by atoms with Crippen LogP contribution in [0.3, 0.4) is 0 Å². The number of benzene rings is 2. The Morgan fingerprint density at radius 3 is 2.62 bits per heavy atom. The number of anilines is 1. The van der Waals surface area contributed by atoms with Gasteiger partial charge < -0.3 is 14.2 Å². The summed E-state index contributed by atoms with van der Waals surface area (Å²) < 4.78 is 59.1. The first-order chi connectivity index (χ1) is 16.4. The molecule has 1 saturated heterocycles. The van der Waals surface area contributed by atoms with E-state index in [0.29, 0.717) is 18.8 Å². The van der Waals surface area contributed by atoms with Gasteiger partial charge in [0.25, 0.3) is 5.89 Å². The molecule has 34 heavy (non-hydrogen) atoms. The molecule has 6 nitrogen and oxygen atoms in total. The molecule has 2 aromatic carbocycles. The van der Waals surface area contributed by atoms with Gasteiger partial charge in [0.15, 0.2) is 0 Å². The maximum atomic E-state index is 15.0. The molecule has 10 heteroatoms. The van der Waals surface area contributed by atoms with Crippen LogP contribution < -0.4 is 4.90 Å². The number of nitrogens with zero attached hydrogens (tertiary/aromatic N) is 4. The zero-order valence-electron chi connectivity index (χ0n) is 18.6. The normalized spacial score (nSPS) is 14.4. The van der Waals surface area contributed by atoms with E-state index in [1.807, 2.05) is 0 Å². The third-order valence-corrected chi connectivity index (χ3v) is 5.78. The van der Waals surface area contributed by atoms with Crippen molar-refractivity contribution in [2.45, 2.75) is 32.7 Å². The summed E-state index contributed by atoms with van der Waals surface area (Å²) in [5.41, 5.74) is 0.644. The second-order valence-corrected chi connectivity index (χ2v) is 8.27. The Morgan fingerprint density at radius 1 is 1.18 bits per heavy atom. The van der Waals surface area contributed by atoms with Crippen LogP contribution in [0.1, 0.15) is 37.6 Å². The number of unbranched alkanes of at least 4 members (excludes halogenated alkanes) is 1. The number of likely N-dealkylation sites (tertiary alicyclic amines) is 1. The topological polar surface area (TPSA) is 62.5 Å². The summed E-state index contributed by atoms with van der Waals surface area (Å²) in [5, 5.41) is 6.76. The monoisotopic (exact) mass is 476 g/mol. The Morgan fingerprint density at radius 2 is 1.97 bits per heavy atom. The molecule has 2 heterocycles. The molecule has 1 aromatic heterocycles. The smallest absolute Gasteiger partial charge is 0.314 e.